The summed E-state index contributed by atoms with van der Waals surface area (Å²) < 4.78 is 30.0. The number of nitrogens with one attached hydrogen (secondary N) is 1. The van der Waals surface area contributed by atoms with Crippen molar-refractivity contribution in [2.45, 2.75) is 36.5 Å². The smallest absolute Gasteiger partial charge is 0.275 e. The van der Waals surface area contributed by atoms with E-state index >= 15 is 0 Å². The minimum atomic E-state index is -3.51. The number of rotatable bonds is 6. The average molecular weight is 288 g/mol. The Morgan fingerprint density at radius 3 is 2.63 bits per heavy atom. The largest absolute Gasteiger partial charge is 0.447 e. The maximum absolute atomic E-state index is 11.8. The van der Waals surface area contributed by atoms with E-state index in [1.807, 2.05) is 0 Å². The molecule has 0 unspecified atom stereocenters. The van der Waals surface area contributed by atoms with Crippen molar-refractivity contribution in [3.05, 3.63) is 17.9 Å². The summed E-state index contributed by atoms with van der Waals surface area (Å²) >= 11 is 0. The maximum Gasteiger partial charge on any atom is 0.275 e. The van der Waals surface area contributed by atoms with Crippen LogP contribution in [0.15, 0.2) is 21.6 Å². The van der Waals surface area contributed by atoms with Crippen LogP contribution in [0.2, 0.25) is 0 Å². The molecule has 0 radical (unpaired) electrons. The number of hydrogen-bond donors (Lipinski definition) is 2. The Balaban J connectivity index is 1.91. The number of furan rings is 1. The van der Waals surface area contributed by atoms with Crippen LogP contribution >= 0.6 is 0 Å². The van der Waals surface area contributed by atoms with Crippen molar-refractivity contribution in [1.82, 2.24) is 9.62 Å². The molecule has 19 heavy (non-hydrogen) atoms. The van der Waals surface area contributed by atoms with Crippen LogP contribution in [0, 0.1) is 0 Å². The minimum absolute atomic E-state index is 0.0587. The highest BCUT2D eigenvalue weighted by Gasteiger charge is 2.33. The molecular weight excluding hydrogens is 268 g/mol. The molecule has 6 nitrogen and oxygen atoms in total. The van der Waals surface area contributed by atoms with E-state index in [2.05, 4.69) is 5.32 Å². The van der Waals surface area contributed by atoms with Crippen LogP contribution < -0.4 is 5.32 Å². The van der Waals surface area contributed by atoms with Crippen LogP contribution in [-0.2, 0) is 16.6 Å². The topological polar surface area (TPSA) is 82.8 Å². The van der Waals surface area contributed by atoms with E-state index < -0.39 is 15.6 Å². The van der Waals surface area contributed by atoms with Gasteiger partial charge in [0.15, 0.2) is 0 Å². The molecule has 2 rings (SSSR count). The summed E-state index contributed by atoms with van der Waals surface area (Å²) in [6.07, 6.45) is 2.70. The van der Waals surface area contributed by atoms with Crippen molar-refractivity contribution in [2.75, 3.05) is 20.6 Å². The molecule has 1 aliphatic carbocycles. The summed E-state index contributed by atoms with van der Waals surface area (Å²) in [7, 11) is -0.593. The Morgan fingerprint density at radius 1 is 1.42 bits per heavy atom. The van der Waals surface area contributed by atoms with Gasteiger partial charge in [0.1, 0.15) is 5.76 Å². The van der Waals surface area contributed by atoms with Crippen LogP contribution in [0.4, 0.5) is 0 Å². The zero-order chi connectivity index (χ0) is 14.1. The second-order valence-corrected chi connectivity index (χ2v) is 7.27. The minimum Gasteiger partial charge on any atom is -0.447 e. The summed E-state index contributed by atoms with van der Waals surface area (Å²) in [5.41, 5.74) is -0.592. The molecule has 1 fully saturated rings. The van der Waals surface area contributed by atoms with Crippen molar-refractivity contribution < 1.29 is 17.9 Å². The molecule has 1 aliphatic rings. The highest BCUT2D eigenvalue weighted by Crippen LogP contribution is 2.30. The van der Waals surface area contributed by atoms with Gasteiger partial charge in [-0.2, -0.15) is 0 Å². The Hall–Kier alpha value is -0.890. The van der Waals surface area contributed by atoms with Crippen LogP contribution in [0.5, 0.6) is 0 Å². The molecule has 1 heterocycles. The van der Waals surface area contributed by atoms with Crippen molar-refractivity contribution in [3.63, 3.8) is 0 Å². The standard InChI is InChI=1S/C12H20N2O4S/c1-14(2)19(16,17)11-5-4-10(18-11)8-13-9-12(15)6-3-7-12/h4-5,13,15H,3,6-9H2,1-2H3. The summed E-state index contributed by atoms with van der Waals surface area (Å²) in [5.74, 6) is 0.545. The lowest BCUT2D eigenvalue weighted by atomic mass is 9.80. The molecule has 0 aromatic carbocycles. The third kappa shape index (κ3) is 3.17. The highest BCUT2D eigenvalue weighted by molar-refractivity contribution is 7.88. The lowest BCUT2D eigenvalue weighted by molar-refractivity contribution is -0.0317. The van der Waals surface area contributed by atoms with E-state index in [0.29, 0.717) is 18.8 Å². The molecule has 108 valence electrons. The van der Waals surface area contributed by atoms with Gasteiger partial charge in [0.25, 0.3) is 10.0 Å². The fraction of sp³-hybridized carbons (Fsp3) is 0.667. The van der Waals surface area contributed by atoms with Crippen LogP contribution in [0.3, 0.4) is 0 Å². The van der Waals surface area contributed by atoms with E-state index in [1.54, 1.807) is 6.07 Å². The predicted octanol–water partition coefficient (Wildman–Crippen LogP) is 0.534. The number of aliphatic hydroxyl groups is 1. The Morgan fingerprint density at radius 2 is 2.11 bits per heavy atom. The van der Waals surface area contributed by atoms with Crippen molar-refractivity contribution >= 4 is 10.0 Å². The SMILES string of the molecule is CN(C)S(=O)(=O)c1ccc(CNCC2(O)CCC2)o1. The van der Waals surface area contributed by atoms with Gasteiger partial charge < -0.3 is 14.8 Å². The summed E-state index contributed by atoms with van der Waals surface area (Å²) in [4.78, 5) is 0. The molecule has 0 bridgehead atoms. The van der Waals surface area contributed by atoms with Crippen LogP contribution in [-0.4, -0.2) is 44.1 Å². The molecule has 7 heteroatoms. The summed E-state index contributed by atoms with van der Waals surface area (Å²) in [6.45, 7) is 0.911. The summed E-state index contributed by atoms with van der Waals surface area (Å²) in [6, 6.07) is 3.08. The van der Waals surface area contributed by atoms with Crippen molar-refractivity contribution in [2.24, 2.45) is 0 Å². The van der Waals surface area contributed by atoms with Crippen LogP contribution in [0.1, 0.15) is 25.0 Å². The highest BCUT2D eigenvalue weighted by atomic mass is 32.2. The van der Waals surface area contributed by atoms with Gasteiger partial charge in [-0.25, -0.2) is 12.7 Å². The average Bonchev–Trinajstić information content (AvgIpc) is 2.76. The lowest BCUT2D eigenvalue weighted by Crippen LogP contribution is -2.45. The maximum atomic E-state index is 11.8. The molecule has 0 atom stereocenters. The zero-order valence-electron chi connectivity index (χ0n) is 11.2. The Kier molecular flexibility index (Phi) is 4.00. The monoisotopic (exact) mass is 288 g/mol. The van der Waals surface area contributed by atoms with E-state index in [1.165, 1.54) is 20.2 Å². The lowest BCUT2D eigenvalue weighted by Gasteiger charge is -2.36. The van der Waals surface area contributed by atoms with Gasteiger partial charge in [-0.1, -0.05) is 0 Å². The second kappa shape index (κ2) is 5.24. The zero-order valence-corrected chi connectivity index (χ0v) is 12.0. The number of hydrogen-bond acceptors (Lipinski definition) is 5. The molecule has 0 saturated heterocycles. The van der Waals surface area contributed by atoms with Gasteiger partial charge in [-0.05, 0) is 31.4 Å². The third-order valence-corrected chi connectivity index (χ3v) is 5.10. The van der Waals surface area contributed by atoms with Crippen LogP contribution in [0.25, 0.3) is 0 Å². The molecule has 1 aromatic rings. The quantitative estimate of drug-likeness (QED) is 0.798. The second-order valence-electron chi connectivity index (χ2n) is 5.19. The van der Waals surface area contributed by atoms with Gasteiger partial charge in [-0.15, -0.1) is 0 Å². The molecule has 0 aliphatic heterocycles. The van der Waals surface area contributed by atoms with Gasteiger partial charge in [0.2, 0.25) is 5.09 Å². The van der Waals surface area contributed by atoms with Crippen molar-refractivity contribution in [3.8, 4) is 0 Å². The predicted molar refractivity (Wildman–Crippen MR) is 70.1 cm³/mol. The van der Waals surface area contributed by atoms with E-state index in [-0.39, 0.29) is 5.09 Å². The number of nitrogens with zero attached hydrogens (tertiary/aromatic N) is 1. The van der Waals surface area contributed by atoms with Gasteiger partial charge in [0, 0.05) is 20.6 Å². The normalized spacial score (nSPS) is 18.5. The van der Waals surface area contributed by atoms with E-state index in [9.17, 15) is 13.5 Å². The molecule has 0 amide bonds. The Bertz CT molecular complexity index is 532. The fourth-order valence-electron chi connectivity index (χ4n) is 1.95. The first-order valence-corrected chi connectivity index (χ1v) is 7.72. The van der Waals surface area contributed by atoms with Gasteiger partial charge >= 0.3 is 0 Å². The van der Waals surface area contributed by atoms with Gasteiger partial charge in [0.05, 0.1) is 12.1 Å². The Labute approximate surface area is 113 Å². The molecule has 0 spiro atoms. The molecular formula is C12H20N2O4S. The molecule has 1 aromatic heterocycles. The van der Waals surface area contributed by atoms with Crippen molar-refractivity contribution in [1.29, 1.82) is 0 Å². The molecule has 2 N–H and O–H groups in total. The third-order valence-electron chi connectivity index (χ3n) is 3.41. The number of sulfonamides is 1. The fourth-order valence-corrected chi connectivity index (χ4v) is 2.76. The first-order chi connectivity index (χ1) is 8.83. The van der Waals surface area contributed by atoms with Gasteiger partial charge in [-0.3, -0.25) is 0 Å². The molecule has 1 saturated carbocycles. The van der Waals surface area contributed by atoms with E-state index in [4.69, 9.17) is 4.42 Å². The van der Waals surface area contributed by atoms with E-state index in [0.717, 1.165) is 23.6 Å². The first-order valence-electron chi connectivity index (χ1n) is 6.28. The summed E-state index contributed by atoms with van der Waals surface area (Å²) in [5, 5.41) is 12.9. The first kappa shape index (κ1) is 14.5.